The Bertz CT molecular complexity index is 594. The molecule has 7 nitrogen and oxygen atoms in total. The number of nitrogens with zero attached hydrogens (tertiary/aromatic N) is 2. The minimum absolute atomic E-state index is 0.117. The van der Waals surface area contributed by atoms with Gasteiger partial charge in [-0.25, -0.2) is 4.98 Å². The lowest BCUT2D eigenvalue weighted by molar-refractivity contribution is -0.385. The molecular formula is C12H13N3O4. The van der Waals surface area contributed by atoms with E-state index in [1.54, 1.807) is 19.2 Å². The molecule has 0 aliphatic carbocycles. The van der Waals surface area contributed by atoms with Gasteiger partial charge in [0.05, 0.1) is 23.3 Å². The maximum atomic E-state index is 10.9. The number of para-hydroxylation sites is 1. The number of nitro benzene ring substituents is 1. The highest BCUT2D eigenvalue weighted by molar-refractivity contribution is 5.70. The van der Waals surface area contributed by atoms with Gasteiger partial charge in [0.25, 0.3) is 0 Å². The van der Waals surface area contributed by atoms with Crippen LogP contribution in [-0.2, 0) is 6.54 Å². The van der Waals surface area contributed by atoms with Gasteiger partial charge < -0.3 is 14.5 Å². The van der Waals surface area contributed by atoms with E-state index in [4.69, 9.17) is 9.15 Å². The highest BCUT2D eigenvalue weighted by Crippen LogP contribution is 2.36. The minimum atomic E-state index is -0.500. The van der Waals surface area contributed by atoms with E-state index in [0.29, 0.717) is 23.7 Å². The van der Waals surface area contributed by atoms with Crippen LogP contribution in [0.25, 0.3) is 11.5 Å². The molecule has 0 fully saturated rings. The predicted octanol–water partition coefficient (Wildman–Crippen LogP) is 1.98. The summed E-state index contributed by atoms with van der Waals surface area (Å²) in [5.74, 6) is 0.441. The minimum Gasteiger partial charge on any atom is -0.490 e. The molecule has 100 valence electrons. The monoisotopic (exact) mass is 263 g/mol. The van der Waals surface area contributed by atoms with Crippen molar-refractivity contribution >= 4 is 5.69 Å². The lowest BCUT2D eigenvalue weighted by Crippen LogP contribution is -2.05. The molecule has 1 N–H and O–H groups in total. The average molecular weight is 263 g/mol. The summed E-state index contributed by atoms with van der Waals surface area (Å²) in [4.78, 5) is 14.7. The molecule has 19 heavy (non-hydrogen) atoms. The van der Waals surface area contributed by atoms with Gasteiger partial charge in [0.15, 0.2) is 0 Å². The van der Waals surface area contributed by atoms with Gasteiger partial charge in [-0.1, -0.05) is 6.07 Å². The smallest absolute Gasteiger partial charge is 0.311 e. The molecule has 0 aliphatic rings. The Kier molecular flexibility index (Phi) is 3.76. The molecule has 0 spiro atoms. The molecule has 1 aromatic heterocycles. The molecule has 0 radical (unpaired) electrons. The summed E-state index contributed by atoms with van der Waals surface area (Å²) in [5, 5.41) is 13.9. The second-order valence-electron chi connectivity index (χ2n) is 3.79. The quantitative estimate of drug-likeness (QED) is 0.655. The second-order valence-corrected chi connectivity index (χ2v) is 3.79. The van der Waals surface area contributed by atoms with Crippen LogP contribution in [0.4, 0.5) is 5.69 Å². The van der Waals surface area contributed by atoms with Crippen molar-refractivity contribution in [2.24, 2.45) is 0 Å². The van der Waals surface area contributed by atoms with Crippen molar-refractivity contribution in [3.05, 3.63) is 40.3 Å². The number of aromatic nitrogens is 1. The third-order valence-corrected chi connectivity index (χ3v) is 2.54. The number of rotatable bonds is 5. The zero-order valence-corrected chi connectivity index (χ0v) is 10.5. The lowest BCUT2D eigenvalue weighted by atomic mass is 10.1. The van der Waals surface area contributed by atoms with E-state index in [1.807, 2.05) is 0 Å². The van der Waals surface area contributed by atoms with Gasteiger partial charge in [0, 0.05) is 12.6 Å². The van der Waals surface area contributed by atoms with Gasteiger partial charge in [-0.3, -0.25) is 10.1 Å². The molecule has 7 heteroatoms. The first kappa shape index (κ1) is 13.0. The Labute approximate surface area is 109 Å². The van der Waals surface area contributed by atoms with Crippen LogP contribution in [0.15, 0.2) is 28.9 Å². The van der Waals surface area contributed by atoms with E-state index in [-0.39, 0.29) is 11.4 Å². The van der Waals surface area contributed by atoms with Crippen LogP contribution in [0.3, 0.4) is 0 Å². The first-order chi connectivity index (χ1) is 9.17. The number of nitrogens with one attached hydrogen (secondary N) is 1. The molecule has 2 aromatic rings. The first-order valence-corrected chi connectivity index (χ1v) is 5.58. The summed E-state index contributed by atoms with van der Waals surface area (Å²) < 4.78 is 10.4. The summed E-state index contributed by atoms with van der Waals surface area (Å²) in [6.45, 7) is 0.556. The van der Waals surface area contributed by atoms with Gasteiger partial charge >= 0.3 is 5.69 Å². The Morgan fingerprint density at radius 2 is 2.32 bits per heavy atom. The zero-order chi connectivity index (χ0) is 13.8. The van der Waals surface area contributed by atoms with E-state index in [1.165, 1.54) is 19.4 Å². The third-order valence-electron chi connectivity index (χ3n) is 2.54. The van der Waals surface area contributed by atoms with Crippen molar-refractivity contribution in [1.29, 1.82) is 0 Å². The summed E-state index contributed by atoms with van der Waals surface area (Å²) in [7, 11) is 3.17. The molecule has 0 bridgehead atoms. The fourth-order valence-corrected chi connectivity index (χ4v) is 1.74. The van der Waals surface area contributed by atoms with Crippen LogP contribution in [-0.4, -0.2) is 24.1 Å². The maximum Gasteiger partial charge on any atom is 0.311 e. The summed E-state index contributed by atoms with van der Waals surface area (Å²) in [5.41, 5.74) is 1.05. The number of benzene rings is 1. The van der Waals surface area contributed by atoms with Gasteiger partial charge in [-0.2, -0.15) is 0 Å². The number of nitro groups is 1. The van der Waals surface area contributed by atoms with E-state index >= 15 is 0 Å². The van der Waals surface area contributed by atoms with Crippen molar-refractivity contribution in [3.8, 4) is 17.2 Å². The number of methoxy groups -OCH3 is 1. The highest BCUT2D eigenvalue weighted by Gasteiger charge is 2.21. The number of ether oxygens (including phenoxy) is 1. The van der Waals surface area contributed by atoms with Crippen molar-refractivity contribution in [2.75, 3.05) is 14.2 Å². The second kappa shape index (κ2) is 5.49. The van der Waals surface area contributed by atoms with Gasteiger partial charge in [0.1, 0.15) is 6.26 Å². The van der Waals surface area contributed by atoms with Crippen LogP contribution in [0.1, 0.15) is 5.69 Å². The number of hydrogen-bond acceptors (Lipinski definition) is 6. The van der Waals surface area contributed by atoms with Crippen molar-refractivity contribution in [3.63, 3.8) is 0 Å². The van der Waals surface area contributed by atoms with Crippen molar-refractivity contribution < 1.29 is 14.1 Å². The SMILES string of the molecule is CNCc1coc(-c2cccc([N+](=O)[O-])c2OC)n1. The number of hydrogen-bond donors (Lipinski definition) is 1. The fraction of sp³-hybridized carbons (Fsp3) is 0.250. The molecule has 1 heterocycles. The largest absolute Gasteiger partial charge is 0.490 e. The van der Waals surface area contributed by atoms with Crippen LogP contribution in [0.5, 0.6) is 5.75 Å². The van der Waals surface area contributed by atoms with E-state index in [9.17, 15) is 10.1 Å². The van der Waals surface area contributed by atoms with E-state index < -0.39 is 4.92 Å². The average Bonchev–Trinajstić information content (AvgIpc) is 2.86. The zero-order valence-electron chi connectivity index (χ0n) is 10.5. The van der Waals surface area contributed by atoms with Crippen LogP contribution in [0.2, 0.25) is 0 Å². The first-order valence-electron chi connectivity index (χ1n) is 5.58. The molecule has 0 saturated carbocycles. The van der Waals surface area contributed by atoms with Crippen molar-refractivity contribution in [1.82, 2.24) is 10.3 Å². The number of oxazole rings is 1. The Morgan fingerprint density at radius 3 is 2.95 bits per heavy atom. The predicted molar refractivity (Wildman–Crippen MR) is 67.9 cm³/mol. The molecule has 0 aliphatic heterocycles. The summed E-state index contributed by atoms with van der Waals surface area (Å²) in [6, 6.07) is 4.61. The van der Waals surface area contributed by atoms with Crippen LogP contribution >= 0.6 is 0 Å². The summed E-state index contributed by atoms with van der Waals surface area (Å²) in [6.07, 6.45) is 1.50. The third kappa shape index (κ3) is 2.55. The van der Waals surface area contributed by atoms with E-state index in [2.05, 4.69) is 10.3 Å². The van der Waals surface area contributed by atoms with Crippen LogP contribution in [0, 0.1) is 10.1 Å². The van der Waals surface area contributed by atoms with Gasteiger partial charge in [-0.05, 0) is 13.1 Å². The van der Waals surface area contributed by atoms with Crippen molar-refractivity contribution in [2.45, 2.75) is 6.54 Å². The van der Waals surface area contributed by atoms with Crippen LogP contribution < -0.4 is 10.1 Å². The standard InChI is InChI=1S/C12H13N3O4/c1-13-6-8-7-19-12(14-8)9-4-3-5-10(15(16)17)11(9)18-2/h3-5,7,13H,6H2,1-2H3. The fourth-order valence-electron chi connectivity index (χ4n) is 1.74. The molecular weight excluding hydrogens is 250 g/mol. The molecule has 2 rings (SSSR count). The molecule has 0 amide bonds. The van der Waals surface area contributed by atoms with Gasteiger partial charge in [0.2, 0.25) is 11.6 Å². The highest BCUT2D eigenvalue weighted by atomic mass is 16.6. The molecule has 0 unspecified atom stereocenters. The van der Waals surface area contributed by atoms with Gasteiger partial charge in [-0.15, -0.1) is 0 Å². The molecule has 0 atom stereocenters. The van der Waals surface area contributed by atoms with E-state index in [0.717, 1.165) is 0 Å². The molecule has 1 aromatic carbocycles. The Balaban J connectivity index is 2.48. The normalized spacial score (nSPS) is 10.4. The molecule has 0 saturated heterocycles. The summed E-state index contributed by atoms with van der Waals surface area (Å²) >= 11 is 0. The topological polar surface area (TPSA) is 90.4 Å². The Hall–Kier alpha value is -2.41. The Morgan fingerprint density at radius 1 is 1.53 bits per heavy atom. The maximum absolute atomic E-state index is 10.9. The lowest BCUT2D eigenvalue weighted by Gasteiger charge is -2.05.